The molecule has 6 heteroatoms. The zero-order chi connectivity index (χ0) is 18.5. The van der Waals surface area contributed by atoms with Crippen molar-refractivity contribution in [1.29, 1.82) is 0 Å². The van der Waals surface area contributed by atoms with Crippen LogP contribution in [0.1, 0.15) is 31.0 Å². The lowest BCUT2D eigenvalue weighted by Gasteiger charge is -2.16. The largest absolute Gasteiger partial charge is 0.352 e. The first kappa shape index (κ1) is 18.0. The number of aryl methyl sites for hydroxylation is 1. The van der Waals surface area contributed by atoms with Crippen molar-refractivity contribution in [2.45, 2.75) is 38.8 Å². The fourth-order valence-electron chi connectivity index (χ4n) is 2.93. The van der Waals surface area contributed by atoms with E-state index < -0.39 is 6.43 Å². The van der Waals surface area contributed by atoms with Crippen LogP contribution < -0.4 is 5.32 Å². The van der Waals surface area contributed by atoms with Crippen molar-refractivity contribution in [3.8, 4) is 11.4 Å². The quantitative estimate of drug-likeness (QED) is 0.693. The maximum atomic E-state index is 12.8. The van der Waals surface area contributed by atoms with E-state index in [0.29, 0.717) is 11.4 Å². The maximum Gasteiger partial charge on any atom is 0.280 e. The standard InChI is InChI=1S/C20H21F2N3O/c1-14(9-10-15-6-3-2-4-7-15)23-18(26)13-25-11-5-8-16-12-17(19(21)22)24-20(16)25/h2-8,11-12,14,19H,9-10,13H2,1H3,(H,23,26)/t14-/m1/s1. The number of hydrogen-bond acceptors (Lipinski definition) is 2. The van der Waals surface area contributed by atoms with Gasteiger partial charge in [0, 0.05) is 17.8 Å². The number of rotatable bonds is 7. The van der Waals surface area contributed by atoms with Gasteiger partial charge >= 0.3 is 0 Å². The van der Waals surface area contributed by atoms with E-state index in [1.54, 1.807) is 22.9 Å². The molecule has 1 N–H and O–H groups in total. The minimum atomic E-state index is -2.62. The molecule has 1 aromatic rings. The molecule has 1 amide bonds. The molecular formula is C20H21F2N3O. The van der Waals surface area contributed by atoms with E-state index in [9.17, 15) is 13.6 Å². The molecule has 0 fully saturated rings. The first-order valence-corrected chi connectivity index (χ1v) is 8.60. The van der Waals surface area contributed by atoms with E-state index in [2.05, 4.69) is 22.4 Å². The summed E-state index contributed by atoms with van der Waals surface area (Å²) in [4.78, 5) is 16.3. The lowest BCUT2D eigenvalue weighted by molar-refractivity contribution is -0.122. The Bertz CT molecular complexity index is 832. The molecule has 0 radical (unpaired) electrons. The van der Waals surface area contributed by atoms with Crippen LogP contribution in [0.4, 0.5) is 8.78 Å². The van der Waals surface area contributed by atoms with Gasteiger partial charge in [0.2, 0.25) is 5.91 Å². The number of alkyl halides is 2. The number of carbonyl (C=O) groups excluding carboxylic acids is 1. The highest BCUT2D eigenvalue weighted by Gasteiger charge is 2.19. The molecule has 0 unspecified atom stereocenters. The number of fused-ring (bicyclic) bond motifs is 1. The fourth-order valence-corrected chi connectivity index (χ4v) is 2.93. The van der Waals surface area contributed by atoms with Gasteiger partial charge in [-0.3, -0.25) is 4.79 Å². The van der Waals surface area contributed by atoms with Crippen molar-refractivity contribution in [2.24, 2.45) is 0 Å². The first-order chi connectivity index (χ1) is 12.5. The second kappa shape index (κ2) is 8.08. The second-order valence-electron chi connectivity index (χ2n) is 6.39. The molecule has 136 valence electrons. The predicted octanol–water partition coefficient (Wildman–Crippen LogP) is 4.06. The van der Waals surface area contributed by atoms with Gasteiger partial charge in [-0.25, -0.2) is 13.8 Å². The highest BCUT2D eigenvalue weighted by atomic mass is 19.3. The van der Waals surface area contributed by atoms with Crippen molar-refractivity contribution in [2.75, 3.05) is 0 Å². The maximum absolute atomic E-state index is 12.8. The summed E-state index contributed by atoms with van der Waals surface area (Å²) < 4.78 is 27.3. The summed E-state index contributed by atoms with van der Waals surface area (Å²) in [5.74, 6) is 0.236. The van der Waals surface area contributed by atoms with Crippen LogP contribution in [0.15, 0.2) is 54.7 Å². The third kappa shape index (κ3) is 4.45. The molecule has 0 saturated heterocycles. The summed E-state index contributed by atoms with van der Waals surface area (Å²) in [6, 6.07) is 14.9. The smallest absolute Gasteiger partial charge is 0.280 e. The van der Waals surface area contributed by atoms with E-state index in [4.69, 9.17) is 0 Å². The molecule has 26 heavy (non-hydrogen) atoms. The Morgan fingerprint density at radius 2 is 1.96 bits per heavy atom. The van der Waals surface area contributed by atoms with Crippen LogP contribution in [0.25, 0.3) is 11.4 Å². The zero-order valence-corrected chi connectivity index (χ0v) is 14.5. The Morgan fingerprint density at radius 1 is 1.19 bits per heavy atom. The summed E-state index contributed by atoms with van der Waals surface area (Å²) in [7, 11) is 0. The molecule has 4 nitrogen and oxygen atoms in total. The Hall–Kier alpha value is -2.76. The number of aromatic nitrogens is 2. The molecule has 2 aliphatic heterocycles. The molecule has 1 atom stereocenters. The highest BCUT2D eigenvalue weighted by Crippen LogP contribution is 2.27. The number of carbonyl (C=O) groups is 1. The van der Waals surface area contributed by atoms with Gasteiger partial charge in [-0.15, -0.1) is 0 Å². The summed E-state index contributed by atoms with van der Waals surface area (Å²) in [6.45, 7) is 2.01. The normalized spacial score (nSPS) is 12.5. The van der Waals surface area contributed by atoms with Crippen LogP contribution in [-0.2, 0) is 17.8 Å². The minimum absolute atomic E-state index is 0.0201. The van der Waals surface area contributed by atoms with Gasteiger partial charge in [0.1, 0.15) is 18.1 Å². The van der Waals surface area contributed by atoms with Gasteiger partial charge < -0.3 is 9.88 Å². The molecule has 0 saturated carbocycles. The zero-order valence-electron chi connectivity index (χ0n) is 14.5. The number of benzene rings is 1. The van der Waals surface area contributed by atoms with Gasteiger partial charge in [-0.1, -0.05) is 30.3 Å². The Balaban J connectivity index is 1.58. The van der Waals surface area contributed by atoms with E-state index in [1.807, 2.05) is 25.1 Å². The molecule has 3 rings (SSSR count). The van der Waals surface area contributed by atoms with Gasteiger partial charge in [0.25, 0.3) is 6.43 Å². The summed E-state index contributed by atoms with van der Waals surface area (Å²) in [6.07, 6.45) is 0.767. The van der Waals surface area contributed by atoms with Crippen LogP contribution >= 0.6 is 0 Å². The number of nitrogens with zero attached hydrogens (tertiary/aromatic N) is 2. The Morgan fingerprint density at radius 3 is 2.69 bits per heavy atom. The summed E-state index contributed by atoms with van der Waals surface area (Å²) in [5, 5.41) is 2.96. The van der Waals surface area contributed by atoms with E-state index in [-0.39, 0.29) is 24.2 Å². The molecule has 2 aliphatic rings. The van der Waals surface area contributed by atoms with Crippen molar-refractivity contribution in [1.82, 2.24) is 14.9 Å². The Labute approximate surface area is 151 Å². The molecule has 1 aromatic carbocycles. The van der Waals surface area contributed by atoms with Gasteiger partial charge in [-0.05, 0) is 43.5 Å². The molecule has 2 heterocycles. The Kier molecular flexibility index (Phi) is 5.61. The summed E-state index contributed by atoms with van der Waals surface area (Å²) in [5.41, 5.74) is 1.57. The van der Waals surface area contributed by atoms with Crippen LogP contribution in [0.2, 0.25) is 0 Å². The monoisotopic (exact) mass is 357 g/mol. The fraction of sp³-hybridized carbons (Fsp3) is 0.300. The van der Waals surface area contributed by atoms with Gasteiger partial charge in [-0.2, -0.15) is 0 Å². The average molecular weight is 357 g/mol. The van der Waals surface area contributed by atoms with Crippen LogP contribution in [0, 0.1) is 0 Å². The summed E-state index contributed by atoms with van der Waals surface area (Å²) >= 11 is 0. The number of nitrogens with one attached hydrogen (secondary N) is 1. The van der Waals surface area contributed by atoms with Crippen LogP contribution in [-0.4, -0.2) is 21.5 Å². The third-order valence-corrected chi connectivity index (χ3v) is 4.26. The van der Waals surface area contributed by atoms with Gasteiger partial charge in [0.05, 0.1) is 0 Å². The molecule has 0 spiro atoms. The minimum Gasteiger partial charge on any atom is -0.352 e. The molecule has 0 bridgehead atoms. The SMILES string of the molecule is C[C@H](CCc1ccccc1)NC(=O)Cn1cccc2cc(C(F)F)nc1-2. The van der Waals surface area contributed by atoms with Gasteiger partial charge in [0.15, 0.2) is 0 Å². The second-order valence-corrected chi connectivity index (χ2v) is 6.39. The van der Waals surface area contributed by atoms with Crippen LogP contribution in [0.5, 0.6) is 0 Å². The number of hydrogen-bond donors (Lipinski definition) is 1. The predicted molar refractivity (Wildman–Crippen MR) is 96.2 cm³/mol. The van der Waals surface area contributed by atoms with E-state index in [0.717, 1.165) is 12.8 Å². The number of halogens is 2. The van der Waals surface area contributed by atoms with Crippen molar-refractivity contribution in [3.63, 3.8) is 0 Å². The highest BCUT2D eigenvalue weighted by molar-refractivity contribution is 5.77. The van der Waals surface area contributed by atoms with E-state index >= 15 is 0 Å². The molecule has 0 aromatic heterocycles. The topological polar surface area (TPSA) is 46.9 Å². The third-order valence-electron chi connectivity index (χ3n) is 4.26. The number of pyridine rings is 1. The lowest BCUT2D eigenvalue weighted by Crippen LogP contribution is -2.35. The lowest BCUT2D eigenvalue weighted by atomic mass is 10.1. The van der Waals surface area contributed by atoms with E-state index in [1.165, 1.54) is 11.6 Å². The first-order valence-electron chi connectivity index (χ1n) is 8.60. The number of amides is 1. The van der Waals surface area contributed by atoms with Crippen molar-refractivity contribution >= 4 is 5.91 Å². The average Bonchev–Trinajstić information content (AvgIpc) is 3.06. The van der Waals surface area contributed by atoms with Crippen molar-refractivity contribution in [3.05, 3.63) is 66.0 Å². The molecule has 0 aliphatic carbocycles. The molecular weight excluding hydrogens is 336 g/mol. The van der Waals surface area contributed by atoms with Crippen molar-refractivity contribution < 1.29 is 13.6 Å². The van der Waals surface area contributed by atoms with Crippen LogP contribution in [0.3, 0.4) is 0 Å².